The van der Waals surface area contributed by atoms with Crippen LogP contribution in [-0.4, -0.2) is 36.5 Å². The molecular formula is C11H22N2O. The van der Waals surface area contributed by atoms with E-state index in [-0.39, 0.29) is 0 Å². The van der Waals surface area contributed by atoms with Gasteiger partial charge in [-0.25, -0.2) is 0 Å². The van der Waals surface area contributed by atoms with Crippen molar-refractivity contribution < 1.29 is 4.79 Å². The maximum atomic E-state index is 11.9. The van der Waals surface area contributed by atoms with E-state index in [1.54, 1.807) is 0 Å². The predicted octanol–water partition coefficient (Wildman–Crippen LogP) is 1.24. The summed E-state index contributed by atoms with van der Waals surface area (Å²) in [6, 6.07) is 0.361. The molecule has 0 spiro atoms. The van der Waals surface area contributed by atoms with Crippen LogP contribution in [0.15, 0.2) is 0 Å². The van der Waals surface area contributed by atoms with E-state index in [0.717, 1.165) is 26.1 Å². The van der Waals surface area contributed by atoms with Crippen molar-refractivity contribution in [1.29, 1.82) is 0 Å². The molecule has 1 heterocycles. The van der Waals surface area contributed by atoms with E-state index in [9.17, 15) is 4.79 Å². The van der Waals surface area contributed by atoms with Crippen molar-refractivity contribution in [3.63, 3.8) is 0 Å². The van der Waals surface area contributed by atoms with Gasteiger partial charge in [0.25, 0.3) is 0 Å². The van der Waals surface area contributed by atoms with Crippen molar-refractivity contribution in [1.82, 2.24) is 10.2 Å². The number of amides is 1. The zero-order valence-corrected chi connectivity index (χ0v) is 9.55. The third-order valence-electron chi connectivity index (χ3n) is 3.04. The van der Waals surface area contributed by atoms with Crippen molar-refractivity contribution >= 4 is 5.91 Å². The van der Waals surface area contributed by atoms with Crippen LogP contribution in [0, 0.1) is 5.92 Å². The van der Waals surface area contributed by atoms with Crippen LogP contribution in [-0.2, 0) is 4.79 Å². The van der Waals surface area contributed by atoms with Crippen LogP contribution in [0.25, 0.3) is 0 Å². The number of rotatable bonds is 3. The number of carbonyl (C=O) groups excluding carboxylic acids is 1. The Morgan fingerprint density at radius 3 is 2.93 bits per heavy atom. The molecule has 1 amide bonds. The lowest BCUT2D eigenvalue weighted by Gasteiger charge is -2.34. The van der Waals surface area contributed by atoms with Gasteiger partial charge in [0.2, 0.25) is 5.91 Å². The number of piperazine rings is 1. The van der Waals surface area contributed by atoms with E-state index >= 15 is 0 Å². The van der Waals surface area contributed by atoms with E-state index in [4.69, 9.17) is 0 Å². The Bertz CT molecular complexity index is 194. The van der Waals surface area contributed by atoms with Crippen LogP contribution in [0.3, 0.4) is 0 Å². The summed E-state index contributed by atoms with van der Waals surface area (Å²) in [6.45, 7) is 9.14. The van der Waals surface area contributed by atoms with Gasteiger partial charge < -0.3 is 10.2 Å². The van der Waals surface area contributed by atoms with Crippen LogP contribution in [0.2, 0.25) is 0 Å². The van der Waals surface area contributed by atoms with Gasteiger partial charge in [-0.2, -0.15) is 0 Å². The Kier molecular flexibility index (Phi) is 4.39. The van der Waals surface area contributed by atoms with E-state index < -0.39 is 0 Å². The molecule has 0 radical (unpaired) electrons. The number of nitrogens with zero attached hydrogens (tertiary/aromatic N) is 1. The summed E-state index contributed by atoms with van der Waals surface area (Å²) in [5.74, 6) is 0.845. The molecule has 0 aromatic rings. The number of carbonyl (C=O) groups is 1. The second-order valence-corrected chi connectivity index (χ2v) is 4.36. The first-order chi connectivity index (χ1) is 6.65. The Hall–Kier alpha value is -0.570. The van der Waals surface area contributed by atoms with Gasteiger partial charge in [0, 0.05) is 32.1 Å². The maximum Gasteiger partial charge on any atom is 0.223 e. The van der Waals surface area contributed by atoms with Gasteiger partial charge in [-0.05, 0) is 12.8 Å². The SMILES string of the molecule is CCC(C)CC(=O)N1CCNC[C@@H]1C. The molecule has 3 heteroatoms. The molecule has 1 unspecified atom stereocenters. The van der Waals surface area contributed by atoms with Gasteiger partial charge in [0.15, 0.2) is 0 Å². The topological polar surface area (TPSA) is 32.3 Å². The summed E-state index contributed by atoms with van der Waals surface area (Å²) >= 11 is 0. The Balaban J connectivity index is 2.42. The lowest BCUT2D eigenvalue weighted by Crippen LogP contribution is -2.52. The van der Waals surface area contributed by atoms with Crippen LogP contribution in [0.5, 0.6) is 0 Å². The second-order valence-electron chi connectivity index (χ2n) is 4.36. The molecule has 1 saturated heterocycles. The molecule has 3 nitrogen and oxygen atoms in total. The highest BCUT2D eigenvalue weighted by molar-refractivity contribution is 5.76. The average Bonchev–Trinajstić information content (AvgIpc) is 2.18. The second kappa shape index (κ2) is 5.35. The maximum absolute atomic E-state index is 11.9. The fraction of sp³-hybridized carbons (Fsp3) is 0.909. The lowest BCUT2D eigenvalue weighted by molar-refractivity contribution is -0.134. The highest BCUT2D eigenvalue weighted by atomic mass is 16.2. The first kappa shape index (κ1) is 11.5. The van der Waals surface area contributed by atoms with Crippen molar-refractivity contribution in [2.45, 2.75) is 39.7 Å². The first-order valence-electron chi connectivity index (χ1n) is 5.65. The van der Waals surface area contributed by atoms with Crippen molar-refractivity contribution in [2.24, 2.45) is 5.92 Å². The van der Waals surface area contributed by atoms with Crippen LogP contribution < -0.4 is 5.32 Å². The molecule has 1 fully saturated rings. The Labute approximate surface area is 86.9 Å². The fourth-order valence-electron chi connectivity index (χ4n) is 1.77. The normalized spacial score (nSPS) is 24.8. The molecule has 0 bridgehead atoms. The lowest BCUT2D eigenvalue weighted by atomic mass is 10.0. The minimum Gasteiger partial charge on any atom is -0.337 e. The molecule has 82 valence electrons. The van der Waals surface area contributed by atoms with Gasteiger partial charge >= 0.3 is 0 Å². The van der Waals surface area contributed by atoms with E-state index in [0.29, 0.717) is 24.3 Å². The zero-order valence-electron chi connectivity index (χ0n) is 9.55. The van der Waals surface area contributed by atoms with Crippen molar-refractivity contribution in [3.8, 4) is 0 Å². The first-order valence-corrected chi connectivity index (χ1v) is 5.65. The Morgan fingerprint density at radius 2 is 2.36 bits per heavy atom. The molecule has 2 atom stereocenters. The zero-order chi connectivity index (χ0) is 10.6. The standard InChI is InChI=1S/C11H22N2O/c1-4-9(2)7-11(14)13-6-5-12-8-10(13)3/h9-10,12H,4-8H2,1-3H3/t9?,10-/m0/s1. The van der Waals surface area contributed by atoms with Crippen LogP contribution >= 0.6 is 0 Å². The smallest absolute Gasteiger partial charge is 0.223 e. The van der Waals surface area contributed by atoms with Gasteiger partial charge in [0.1, 0.15) is 0 Å². The molecule has 0 aromatic carbocycles. The molecule has 1 N–H and O–H groups in total. The van der Waals surface area contributed by atoms with E-state index in [2.05, 4.69) is 26.1 Å². The Morgan fingerprint density at radius 1 is 1.64 bits per heavy atom. The minimum atomic E-state index is 0.327. The van der Waals surface area contributed by atoms with Crippen molar-refractivity contribution in [2.75, 3.05) is 19.6 Å². The minimum absolute atomic E-state index is 0.327. The van der Waals surface area contributed by atoms with Gasteiger partial charge in [-0.1, -0.05) is 20.3 Å². The van der Waals surface area contributed by atoms with Crippen LogP contribution in [0.1, 0.15) is 33.6 Å². The molecule has 1 aliphatic heterocycles. The molecule has 1 rings (SSSR count). The fourth-order valence-corrected chi connectivity index (χ4v) is 1.77. The van der Waals surface area contributed by atoms with Gasteiger partial charge in [-0.3, -0.25) is 4.79 Å². The average molecular weight is 198 g/mol. The molecule has 0 aliphatic carbocycles. The molecule has 0 saturated carbocycles. The number of hydrogen-bond donors (Lipinski definition) is 1. The van der Waals surface area contributed by atoms with Gasteiger partial charge in [-0.15, -0.1) is 0 Å². The monoisotopic (exact) mass is 198 g/mol. The van der Waals surface area contributed by atoms with E-state index in [1.807, 2.05) is 4.90 Å². The molecule has 0 aromatic heterocycles. The third-order valence-corrected chi connectivity index (χ3v) is 3.04. The third kappa shape index (κ3) is 2.98. The van der Waals surface area contributed by atoms with Crippen LogP contribution in [0.4, 0.5) is 0 Å². The summed E-state index contributed by atoms with van der Waals surface area (Å²) < 4.78 is 0. The summed E-state index contributed by atoms with van der Waals surface area (Å²) in [5, 5.41) is 3.29. The summed E-state index contributed by atoms with van der Waals surface area (Å²) in [7, 11) is 0. The highest BCUT2D eigenvalue weighted by Gasteiger charge is 2.23. The summed E-state index contributed by atoms with van der Waals surface area (Å²) in [6.07, 6.45) is 1.80. The molecular weight excluding hydrogens is 176 g/mol. The van der Waals surface area contributed by atoms with Gasteiger partial charge in [0.05, 0.1) is 0 Å². The summed E-state index contributed by atoms with van der Waals surface area (Å²) in [5.41, 5.74) is 0. The van der Waals surface area contributed by atoms with Crippen molar-refractivity contribution in [3.05, 3.63) is 0 Å². The predicted molar refractivity (Wildman–Crippen MR) is 58.1 cm³/mol. The number of hydrogen-bond acceptors (Lipinski definition) is 2. The summed E-state index contributed by atoms with van der Waals surface area (Å²) in [4.78, 5) is 13.9. The quantitative estimate of drug-likeness (QED) is 0.740. The highest BCUT2D eigenvalue weighted by Crippen LogP contribution is 2.12. The number of nitrogens with one attached hydrogen (secondary N) is 1. The van der Waals surface area contributed by atoms with E-state index in [1.165, 1.54) is 0 Å². The molecule has 1 aliphatic rings. The molecule has 14 heavy (non-hydrogen) atoms. The largest absolute Gasteiger partial charge is 0.337 e.